The third-order valence-corrected chi connectivity index (χ3v) is 4.43. The first-order chi connectivity index (χ1) is 10.2. The zero-order valence-corrected chi connectivity index (χ0v) is 12.1. The SMILES string of the molecule is O=C(O)c1ccc(-c2ccc(Cc3ccccc3)cc2)s1. The van der Waals surface area contributed by atoms with E-state index >= 15 is 0 Å². The Kier molecular flexibility index (Phi) is 3.84. The highest BCUT2D eigenvalue weighted by Crippen LogP contribution is 2.28. The molecule has 1 aromatic heterocycles. The highest BCUT2D eigenvalue weighted by molar-refractivity contribution is 7.17. The molecule has 0 aliphatic rings. The molecule has 0 aliphatic heterocycles. The van der Waals surface area contributed by atoms with Crippen LogP contribution in [0.2, 0.25) is 0 Å². The van der Waals surface area contributed by atoms with Gasteiger partial charge in [-0.2, -0.15) is 0 Å². The topological polar surface area (TPSA) is 37.3 Å². The summed E-state index contributed by atoms with van der Waals surface area (Å²) >= 11 is 1.30. The summed E-state index contributed by atoms with van der Waals surface area (Å²) < 4.78 is 0. The molecule has 0 atom stereocenters. The molecule has 0 saturated heterocycles. The Morgan fingerprint density at radius 3 is 2.14 bits per heavy atom. The molecule has 0 spiro atoms. The summed E-state index contributed by atoms with van der Waals surface area (Å²) in [5.74, 6) is -0.869. The van der Waals surface area contributed by atoms with Crippen LogP contribution in [0, 0.1) is 0 Å². The van der Waals surface area contributed by atoms with Crippen molar-refractivity contribution < 1.29 is 9.90 Å². The predicted octanol–water partition coefficient (Wildman–Crippen LogP) is 4.70. The van der Waals surface area contributed by atoms with Crippen LogP contribution in [0.5, 0.6) is 0 Å². The largest absolute Gasteiger partial charge is 0.477 e. The van der Waals surface area contributed by atoms with Gasteiger partial charge in [-0.1, -0.05) is 54.6 Å². The smallest absolute Gasteiger partial charge is 0.345 e. The summed E-state index contributed by atoms with van der Waals surface area (Å²) in [5.41, 5.74) is 3.60. The van der Waals surface area contributed by atoms with Gasteiger partial charge in [-0.3, -0.25) is 0 Å². The van der Waals surface area contributed by atoms with Crippen LogP contribution in [0.1, 0.15) is 20.8 Å². The molecular formula is C18H14O2S. The molecule has 0 amide bonds. The van der Waals surface area contributed by atoms with Crippen molar-refractivity contribution in [3.8, 4) is 10.4 Å². The number of carbonyl (C=O) groups is 1. The maximum atomic E-state index is 10.9. The maximum Gasteiger partial charge on any atom is 0.345 e. The fourth-order valence-electron chi connectivity index (χ4n) is 2.23. The molecule has 3 heteroatoms. The van der Waals surface area contributed by atoms with Crippen LogP contribution in [0.4, 0.5) is 0 Å². The summed E-state index contributed by atoms with van der Waals surface area (Å²) in [7, 11) is 0. The molecule has 3 rings (SSSR count). The van der Waals surface area contributed by atoms with E-state index in [-0.39, 0.29) is 0 Å². The molecule has 1 heterocycles. The molecule has 0 fully saturated rings. The zero-order valence-electron chi connectivity index (χ0n) is 11.3. The lowest BCUT2D eigenvalue weighted by Gasteiger charge is -2.03. The molecule has 21 heavy (non-hydrogen) atoms. The Morgan fingerprint density at radius 1 is 0.857 bits per heavy atom. The van der Waals surface area contributed by atoms with Crippen LogP contribution in [-0.2, 0) is 6.42 Å². The quantitative estimate of drug-likeness (QED) is 0.757. The van der Waals surface area contributed by atoms with Crippen molar-refractivity contribution in [2.45, 2.75) is 6.42 Å². The lowest BCUT2D eigenvalue weighted by atomic mass is 10.0. The number of thiophene rings is 1. The fraction of sp³-hybridized carbons (Fsp3) is 0.0556. The minimum Gasteiger partial charge on any atom is -0.477 e. The van der Waals surface area contributed by atoms with Crippen LogP contribution in [0.3, 0.4) is 0 Å². The highest BCUT2D eigenvalue weighted by Gasteiger charge is 2.08. The van der Waals surface area contributed by atoms with Crippen molar-refractivity contribution in [3.63, 3.8) is 0 Å². The van der Waals surface area contributed by atoms with E-state index in [2.05, 4.69) is 36.4 Å². The Labute approximate surface area is 127 Å². The number of hydrogen-bond donors (Lipinski definition) is 1. The van der Waals surface area contributed by atoms with Gasteiger partial charge < -0.3 is 5.11 Å². The summed E-state index contributed by atoms with van der Waals surface area (Å²) in [6.45, 7) is 0. The molecule has 0 bridgehead atoms. The lowest BCUT2D eigenvalue weighted by molar-refractivity contribution is 0.0702. The number of carboxylic acid groups (broad SMARTS) is 1. The Balaban J connectivity index is 1.78. The van der Waals surface area contributed by atoms with E-state index in [0.717, 1.165) is 16.9 Å². The van der Waals surface area contributed by atoms with Crippen molar-refractivity contribution in [2.75, 3.05) is 0 Å². The molecule has 0 saturated carbocycles. The van der Waals surface area contributed by atoms with Crippen LogP contribution in [-0.4, -0.2) is 11.1 Å². The molecular weight excluding hydrogens is 280 g/mol. The molecule has 1 N–H and O–H groups in total. The van der Waals surface area contributed by atoms with Gasteiger partial charge in [0.25, 0.3) is 0 Å². The molecule has 0 aliphatic carbocycles. The fourth-order valence-corrected chi connectivity index (χ4v) is 3.08. The average molecular weight is 294 g/mol. The zero-order chi connectivity index (χ0) is 14.7. The highest BCUT2D eigenvalue weighted by atomic mass is 32.1. The molecule has 0 radical (unpaired) electrons. The first-order valence-corrected chi connectivity index (χ1v) is 7.50. The summed E-state index contributed by atoms with van der Waals surface area (Å²) in [6.07, 6.45) is 0.909. The predicted molar refractivity (Wildman–Crippen MR) is 86.0 cm³/mol. The molecule has 3 aromatic rings. The van der Waals surface area contributed by atoms with E-state index < -0.39 is 5.97 Å². The van der Waals surface area contributed by atoms with E-state index in [0.29, 0.717) is 4.88 Å². The van der Waals surface area contributed by atoms with E-state index in [1.807, 2.05) is 24.3 Å². The standard InChI is InChI=1S/C18H14O2S/c19-18(20)17-11-10-16(21-17)15-8-6-14(7-9-15)12-13-4-2-1-3-5-13/h1-11H,12H2,(H,19,20). The number of hydrogen-bond acceptors (Lipinski definition) is 2. The third-order valence-electron chi connectivity index (χ3n) is 3.31. The summed E-state index contributed by atoms with van der Waals surface area (Å²) in [4.78, 5) is 12.3. The first kappa shape index (κ1) is 13.6. The lowest BCUT2D eigenvalue weighted by Crippen LogP contribution is -1.89. The van der Waals surface area contributed by atoms with Gasteiger partial charge in [-0.25, -0.2) is 4.79 Å². The van der Waals surface area contributed by atoms with Crippen molar-refractivity contribution in [1.82, 2.24) is 0 Å². The van der Waals surface area contributed by atoms with E-state index in [1.54, 1.807) is 6.07 Å². The van der Waals surface area contributed by atoms with Crippen LogP contribution < -0.4 is 0 Å². The van der Waals surface area contributed by atoms with E-state index in [1.165, 1.54) is 22.5 Å². The summed E-state index contributed by atoms with van der Waals surface area (Å²) in [5, 5.41) is 8.96. The normalized spacial score (nSPS) is 10.5. The Bertz CT molecular complexity index is 742. The van der Waals surface area contributed by atoms with Gasteiger partial charge in [-0.15, -0.1) is 11.3 Å². The van der Waals surface area contributed by atoms with Crippen molar-refractivity contribution in [2.24, 2.45) is 0 Å². The number of carboxylic acids is 1. The molecule has 104 valence electrons. The van der Waals surface area contributed by atoms with Crippen molar-refractivity contribution >= 4 is 17.3 Å². The van der Waals surface area contributed by atoms with Gasteiger partial charge >= 0.3 is 5.97 Å². The number of rotatable bonds is 4. The number of benzene rings is 2. The molecule has 0 unspecified atom stereocenters. The Hall–Kier alpha value is -2.39. The van der Waals surface area contributed by atoms with Crippen LogP contribution in [0.25, 0.3) is 10.4 Å². The monoisotopic (exact) mass is 294 g/mol. The second-order valence-electron chi connectivity index (χ2n) is 4.83. The maximum absolute atomic E-state index is 10.9. The minimum atomic E-state index is -0.869. The van der Waals surface area contributed by atoms with E-state index in [9.17, 15) is 4.79 Å². The van der Waals surface area contributed by atoms with Crippen LogP contribution >= 0.6 is 11.3 Å². The van der Waals surface area contributed by atoms with Gasteiger partial charge in [0.15, 0.2) is 0 Å². The second-order valence-corrected chi connectivity index (χ2v) is 5.91. The van der Waals surface area contributed by atoms with Gasteiger partial charge in [-0.05, 0) is 35.2 Å². The van der Waals surface area contributed by atoms with Gasteiger partial charge in [0.1, 0.15) is 4.88 Å². The van der Waals surface area contributed by atoms with Gasteiger partial charge in [0, 0.05) is 4.88 Å². The molecule has 2 aromatic carbocycles. The van der Waals surface area contributed by atoms with Gasteiger partial charge in [0.2, 0.25) is 0 Å². The molecule has 2 nitrogen and oxygen atoms in total. The first-order valence-electron chi connectivity index (χ1n) is 6.69. The average Bonchev–Trinajstić information content (AvgIpc) is 2.99. The van der Waals surface area contributed by atoms with E-state index in [4.69, 9.17) is 5.11 Å². The Morgan fingerprint density at radius 2 is 1.52 bits per heavy atom. The minimum absolute atomic E-state index is 0.373. The van der Waals surface area contributed by atoms with Crippen molar-refractivity contribution in [3.05, 3.63) is 82.7 Å². The van der Waals surface area contributed by atoms with Gasteiger partial charge in [0.05, 0.1) is 0 Å². The summed E-state index contributed by atoms with van der Waals surface area (Å²) in [6, 6.07) is 22.2. The third kappa shape index (κ3) is 3.20. The number of aromatic carboxylic acids is 1. The van der Waals surface area contributed by atoms with Crippen LogP contribution in [0.15, 0.2) is 66.7 Å². The van der Waals surface area contributed by atoms with Crippen molar-refractivity contribution in [1.29, 1.82) is 0 Å². The second kappa shape index (κ2) is 5.94.